The molecule has 0 fully saturated rings. The molecule has 0 atom stereocenters. The highest BCUT2D eigenvalue weighted by Gasteiger charge is 2.29. The van der Waals surface area contributed by atoms with E-state index in [9.17, 15) is 13.2 Å². The third-order valence-corrected chi connectivity index (χ3v) is 2.57. The topological polar surface area (TPSA) is 53.6 Å². The van der Waals surface area contributed by atoms with Gasteiger partial charge in [0.25, 0.3) is 0 Å². The number of benzene rings is 1. The van der Waals surface area contributed by atoms with E-state index in [2.05, 4.69) is 20.5 Å². The monoisotopic (exact) mass is 270 g/mol. The quantitative estimate of drug-likeness (QED) is 0.895. The molecule has 0 unspecified atom stereocenters. The lowest BCUT2D eigenvalue weighted by atomic mass is 10.1. The van der Waals surface area contributed by atoms with Crippen LogP contribution >= 0.6 is 0 Å². The second kappa shape index (κ2) is 5.40. The van der Waals surface area contributed by atoms with E-state index in [4.69, 9.17) is 0 Å². The van der Waals surface area contributed by atoms with E-state index >= 15 is 0 Å². The third-order valence-electron chi connectivity index (χ3n) is 2.57. The van der Waals surface area contributed by atoms with Gasteiger partial charge in [-0.2, -0.15) is 18.3 Å². The molecule has 0 aliphatic heterocycles. The molecule has 2 N–H and O–H groups in total. The Morgan fingerprint density at radius 2 is 1.89 bits per heavy atom. The zero-order chi connectivity index (χ0) is 13.9. The summed E-state index contributed by atoms with van der Waals surface area (Å²) in [6, 6.07) is 5.03. The van der Waals surface area contributed by atoms with Gasteiger partial charge in [-0.15, -0.1) is 0 Å². The predicted octanol–water partition coefficient (Wildman–Crippen LogP) is 2.13. The number of nitrogens with zero attached hydrogens (tertiary/aromatic N) is 2. The van der Waals surface area contributed by atoms with Crippen LogP contribution in [0.25, 0.3) is 0 Å². The van der Waals surface area contributed by atoms with E-state index in [0.29, 0.717) is 24.6 Å². The summed E-state index contributed by atoms with van der Waals surface area (Å²) in [4.78, 5) is 4.22. The standard InChI is InChI=1S/C12H13F3N4/c1-16-7-11-17-10(18-19-11)6-8-2-4-9(5-3-8)12(13,14)15/h2-5,16H,6-7H2,1H3,(H,17,18,19). The fourth-order valence-corrected chi connectivity index (χ4v) is 1.66. The number of nitrogens with one attached hydrogen (secondary N) is 2. The summed E-state index contributed by atoms with van der Waals surface area (Å²) in [5, 5.41) is 9.66. The van der Waals surface area contributed by atoms with E-state index in [-0.39, 0.29) is 0 Å². The van der Waals surface area contributed by atoms with E-state index in [1.54, 1.807) is 7.05 Å². The lowest BCUT2D eigenvalue weighted by Gasteiger charge is -2.06. The molecule has 2 rings (SSSR count). The number of H-pyrrole nitrogens is 1. The van der Waals surface area contributed by atoms with Crippen molar-refractivity contribution in [2.75, 3.05) is 7.05 Å². The van der Waals surface area contributed by atoms with Gasteiger partial charge in [-0.05, 0) is 24.7 Å². The van der Waals surface area contributed by atoms with Crippen molar-refractivity contribution in [1.29, 1.82) is 0 Å². The molecule has 0 bridgehead atoms. The van der Waals surface area contributed by atoms with Gasteiger partial charge in [-0.3, -0.25) is 5.10 Å². The third kappa shape index (κ3) is 3.54. The van der Waals surface area contributed by atoms with Crippen LogP contribution in [-0.4, -0.2) is 22.2 Å². The van der Waals surface area contributed by atoms with Crippen molar-refractivity contribution in [2.24, 2.45) is 0 Å². The summed E-state index contributed by atoms with van der Waals surface area (Å²) in [5.74, 6) is 1.26. The van der Waals surface area contributed by atoms with E-state index in [0.717, 1.165) is 17.7 Å². The van der Waals surface area contributed by atoms with Gasteiger partial charge in [0.15, 0.2) is 5.82 Å². The summed E-state index contributed by atoms with van der Waals surface area (Å²) in [5.41, 5.74) is 0.102. The van der Waals surface area contributed by atoms with Crippen LogP contribution in [0.15, 0.2) is 24.3 Å². The van der Waals surface area contributed by atoms with Gasteiger partial charge in [0.2, 0.25) is 0 Å². The molecule has 2 aromatic rings. The molecular weight excluding hydrogens is 257 g/mol. The van der Waals surface area contributed by atoms with Crippen molar-refractivity contribution in [3.63, 3.8) is 0 Å². The summed E-state index contributed by atoms with van der Waals surface area (Å²) in [7, 11) is 1.78. The Balaban J connectivity index is 2.06. The molecule has 4 nitrogen and oxygen atoms in total. The van der Waals surface area contributed by atoms with Crippen LogP contribution in [-0.2, 0) is 19.1 Å². The lowest BCUT2D eigenvalue weighted by Crippen LogP contribution is -2.06. The molecular formula is C12H13F3N4. The fraction of sp³-hybridized carbons (Fsp3) is 0.333. The number of alkyl halides is 3. The number of aromatic nitrogens is 3. The van der Waals surface area contributed by atoms with Crippen molar-refractivity contribution in [3.05, 3.63) is 47.0 Å². The Morgan fingerprint density at radius 3 is 2.47 bits per heavy atom. The second-order valence-electron chi connectivity index (χ2n) is 4.10. The molecule has 0 amide bonds. The molecule has 0 radical (unpaired) electrons. The highest BCUT2D eigenvalue weighted by molar-refractivity contribution is 5.26. The number of aromatic amines is 1. The average molecular weight is 270 g/mol. The van der Waals surface area contributed by atoms with Crippen LogP contribution in [0.4, 0.5) is 13.2 Å². The average Bonchev–Trinajstić information content (AvgIpc) is 2.77. The minimum Gasteiger partial charge on any atom is -0.313 e. The molecule has 1 aromatic heterocycles. The van der Waals surface area contributed by atoms with Crippen LogP contribution in [0.1, 0.15) is 22.8 Å². The summed E-state index contributed by atoms with van der Waals surface area (Å²) >= 11 is 0. The van der Waals surface area contributed by atoms with E-state index in [1.807, 2.05) is 0 Å². The highest BCUT2D eigenvalue weighted by Crippen LogP contribution is 2.29. The van der Waals surface area contributed by atoms with Crippen LogP contribution in [0.3, 0.4) is 0 Å². The molecule has 0 saturated carbocycles. The second-order valence-corrected chi connectivity index (χ2v) is 4.10. The van der Waals surface area contributed by atoms with Gasteiger partial charge in [0.1, 0.15) is 5.82 Å². The Bertz CT molecular complexity index is 531. The van der Waals surface area contributed by atoms with Crippen LogP contribution in [0.2, 0.25) is 0 Å². The first kappa shape index (κ1) is 13.5. The molecule has 19 heavy (non-hydrogen) atoms. The Morgan fingerprint density at radius 1 is 1.21 bits per heavy atom. The van der Waals surface area contributed by atoms with Crippen LogP contribution in [0, 0.1) is 0 Å². The molecule has 1 aromatic carbocycles. The van der Waals surface area contributed by atoms with Gasteiger partial charge >= 0.3 is 6.18 Å². The number of halogens is 3. The van der Waals surface area contributed by atoms with E-state index in [1.165, 1.54) is 12.1 Å². The minimum absolute atomic E-state index is 0.425. The SMILES string of the molecule is CNCc1n[nH]c(Cc2ccc(C(F)(F)F)cc2)n1. The minimum atomic E-state index is -4.30. The zero-order valence-electron chi connectivity index (χ0n) is 10.3. The molecule has 0 saturated heterocycles. The normalized spacial score (nSPS) is 11.8. The first-order valence-corrected chi connectivity index (χ1v) is 5.70. The molecule has 1 heterocycles. The summed E-state index contributed by atoms with van der Waals surface area (Å²) in [6.07, 6.45) is -3.88. The molecule has 0 spiro atoms. The maximum atomic E-state index is 12.4. The number of hydrogen-bond acceptors (Lipinski definition) is 3. The van der Waals surface area contributed by atoms with Crippen molar-refractivity contribution in [3.8, 4) is 0 Å². The Labute approximate surface area is 108 Å². The maximum Gasteiger partial charge on any atom is 0.416 e. The maximum absolute atomic E-state index is 12.4. The van der Waals surface area contributed by atoms with Crippen molar-refractivity contribution >= 4 is 0 Å². The molecule has 0 aliphatic carbocycles. The highest BCUT2D eigenvalue weighted by atomic mass is 19.4. The lowest BCUT2D eigenvalue weighted by molar-refractivity contribution is -0.137. The van der Waals surface area contributed by atoms with Gasteiger partial charge in [-0.1, -0.05) is 12.1 Å². The van der Waals surface area contributed by atoms with Crippen LogP contribution < -0.4 is 5.32 Å². The molecule has 0 aliphatic rings. The number of rotatable bonds is 4. The first-order valence-electron chi connectivity index (χ1n) is 5.70. The molecule has 102 valence electrons. The van der Waals surface area contributed by atoms with Gasteiger partial charge in [-0.25, -0.2) is 4.98 Å². The smallest absolute Gasteiger partial charge is 0.313 e. The van der Waals surface area contributed by atoms with Crippen molar-refractivity contribution in [1.82, 2.24) is 20.5 Å². The summed E-state index contributed by atoms with van der Waals surface area (Å²) in [6.45, 7) is 0.545. The fourth-order valence-electron chi connectivity index (χ4n) is 1.66. The van der Waals surface area contributed by atoms with Gasteiger partial charge in [0.05, 0.1) is 12.1 Å². The predicted molar refractivity (Wildman–Crippen MR) is 63.4 cm³/mol. The van der Waals surface area contributed by atoms with Gasteiger partial charge < -0.3 is 5.32 Å². The van der Waals surface area contributed by atoms with Crippen LogP contribution in [0.5, 0.6) is 0 Å². The number of hydrogen-bond donors (Lipinski definition) is 2. The Hall–Kier alpha value is -1.89. The van der Waals surface area contributed by atoms with Crippen molar-refractivity contribution < 1.29 is 13.2 Å². The van der Waals surface area contributed by atoms with Crippen molar-refractivity contribution in [2.45, 2.75) is 19.1 Å². The largest absolute Gasteiger partial charge is 0.416 e. The summed E-state index contributed by atoms with van der Waals surface area (Å²) < 4.78 is 37.2. The first-order chi connectivity index (χ1) is 8.99. The Kier molecular flexibility index (Phi) is 3.84. The molecule has 7 heteroatoms. The zero-order valence-corrected chi connectivity index (χ0v) is 10.3. The van der Waals surface area contributed by atoms with Gasteiger partial charge in [0, 0.05) is 6.42 Å². The van der Waals surface area contributed by atoms with E-state index < -0.39 is 11.7 Å².